The summed E-state index contributed by atoms with van der Waals surface area (Å²) in [7, 11) is -3.92. The summed E-state index contributed by atoms with van der Waals surface area (Å²) >= 11 is 0. The van der Waals surface area contributed by atoms with E-state index >= 15 is 0 Å². The standard InChI is InChI=1S/C30H40O7S/c1-19-5-8-24(9-6-19)38(33,34)35-18-30-16-13-23(36-20(2)31)17-22(30)7-10-25-26-11-12-28(37-21(3)32)29(26,4)15-14-27(25)30/h5-9,23,25-28H,10-18H2,1-4H3/t23-,25-,26-,27-,28-,29-,30+/m0/s1. The molecule has 0 heterocycles. The van der Waals surface area contributed by atoms with Crippen molar-refractivity contribution in [3.63, 3.8) is 0 Å². The molecule has 0 aromatic heterocycles. The molecule has 7 atom stereocenters. The first kappa shape index (κ1) is 27.4. The molecule has 0 amide bonds. The van der Waals surface area contributed by atoms with E-state index in [0.717, 1.165) is 44.1 Å². The maximum atomic E-state index is 13.2. The summed E-state index contributed by atoms with van der Waals surface area (Å²) in [6, 6.07) is 6.75. The van der Waals surface area contributed by atoms with E-state index in [1.165, 1.54) is 19.4 Å². The minimum Gasteiger partial charge on any atom is -0.462 e. The highest BCUT2D eigenvalue weighted by atomic mass is 32.2. The van der Waals surface area contributed by atoms with Crippen molar-refractivity contribution in [3.05, 3.63) is 41.5 Å². The molecule has 0 bridgehead atoms. The number of carbonyl (C=O) groups excluding carboxylic acids is 2. The van der Waals surface area contributed by atoms with Gasteiger partial charge >= 0.3 is 11.9 Å². The van der Waals surface area contributed by atoms with Gasteiger partial charge in [0.2, 0.25) is 0 Å². The van der Waals surface area contributed by atoms with Crippen molar-refractivity contribution >= 4 is 22.1 Å². The lowest BCUT2D eigenvalue weighted by molar-refractivity contribution is -0.157. The zero-order valence-electron chi connectivity index (χ0n) is 22.9. The van der Waals surface area contributed by atoms with E-state index in [1.54, 1.807) is 24.3 Å². The topological polar surface area (TPSA) is 96.0 Å². The highest BCUT2D eigenvalue weighted by Crippen LogP contribution is 2.65. The van der Waals surface area contributed by atoms with E-state index in [4.69, 9.17) is 13.7 Å². The number of hydrogen-bond donors (Lipinski definition) is 0. The van der Waals surface area contributed by atoms with Gasteiger partial charge < -0.3 is 9.47 Å². The second-order valence-corrected chi connectivity index (χ2v) is 13.8. The van der Waals surface area contributed by atoms with E-state index < -0.39 is 15.5 Å². The Morgan fingerprint density at radius 1 is 0.947 bits per heavy atom. The minimum absolute atomic E-state index is 0.0647. The Morgan fingerprint density at radius 3 is 2.34 bits per heavy atom. The number of carbonyl (C=O) groups is 2. The van der Waals surface area contributed by atoms with Gasteiger partial charge in [0.25, 0.3) is 10.1 Å². The van der Waals surface area contributed by atoms with Gasteiger partial charge in [-0.3, -0.25) is 13.8 Å². The third-order valence-electron chi connectivity index (χ3n) is 10.1. The number of benzene rings is 1. The molecule has 0 spiro atoms. The van der Waals surface area contributed by atoms with Crippen LogP contribution in [0.3, 0.4) is 0 Å². The van der Waals surface area contributed by atoms with E-state index in [2.05, 4.69) is 13.0 Å². The zero-order chi connectivity index (χ0) is 27.3. The fourth-order valence-electron chi connectivity index (χ4n) is 8.33. The van der Waals surface area contributed by atoms with Crippen LogP contribution >= 0.6 is 0 Å². The lowest BCUT2D eigenvalue weighted by atomic mass is 9.47. The largest absolute Gasteiger partial charge is 0.462 e. The summed E-state index contributed by atoms with van der Waals surface area (Å²) in [6.45, 7) is 7.21. The van der Waals surface area contributed by atoms with Gasteiger partial charge in [-0.1, -0.05) is 36.3 Å². The number of hydrogen-bond acceptors (Lipinski definition) is 7. The van der Waals surface area contributed by atoms with E-state index in [0.29, 0.717) is 24.7 Å². The van der Waals surface area contributed by atoms with Crippen molar-refractivity contribution in [2.24, 2.45) is 28.6 Å². The molecule has 5 rings (SSSR count). The summed E-state index contributed by atoms with van der Waals surface area (Å²) in [5.41, 5.74) is 1.68. The normalized spacial score (nSPS) is 36.3. The maximum absolute atomic E-state index is 13.2. The number of allylic oxidation sites excluding steroid dienone is 1. The van der Waals surface area contributed by atoms with E-state index in [1.807, 2.05) is 6.92 Å². The molecule has 0 aliphatic heterocycles. The molecule has 3 saturated carbocycles. The molecule has 0 N–H and O–H groups in total. The van der Waals surface area contributed by atoms with Gasteiger partial charge in [-0.15, -0.1) is 0 Å². The molecule has 8 heteroatoms. The molecule has 1 aromatic carbocycles. The van der Waals surface area contributed by atoms with Gasteiger partial charge in [0, 0.05) is 31.1 Å². The Morgan fingerprint density at radius 2 is 1.66 bits per heavy atom. The quantitative estimate of drug-likeness (QED) is 0.265. The first-order valence-corrected chi connectivity index (χ1v) is 15.4. The monoisotopic (exact) mass is 544 g/mol. The van der Waals surface area contributed by atoms with Crippen LogP contribution < -0.4 is 0 Å². The highest BCUT2D eigenvalue weighted by molar-refractivity contribution is 7.86. The van der Waals surface area contributed by atoms with Gasteiger partial charge in [0.05, 0.1) is 11.5 Å². The van der Waals surface area contributed by atoms with E-state index in [9.17, 15) is 18.0 Å². The van der Waals surface area contributed by atoms with Crippen LogP contribution in [0.4, 0.5) is 0 Å². The third-order valence-corrected chi connectivity index (χ3v) is 11.4. The SMILES string of the molecule is CC(=O)O[C@H]1CC[C@@]2(COS(=O)(=O)c3ccc(C)cc3)C(=CC[C@@H]3[C@@H]2CC[C@]2(C)[C@@H](OC(C)=O)CC[C@@H]32)C1. The molecule has 1 aromatic rings. The predicted molar refractivity (Wildman–Crippen MR) is 141 cm³/mol. The van der Waals surface area contributed by atoms with Gasteiger partial charge in [-0.2, -0.15) is 8.42 Å². The van der Waals surface area contributed by atoms with Crippen LogP contribution in [0.1, 0.15) is 77.7 Å². The second-order valence-electron chi connectivity index (χ2n) is 12.2. The summed E-state index contributed by atoms with van der Waals surface area (Å²) in [6.07, 6.45) is 8.71. The summed E-state index contributed by atoms with van der Waals surface area (Å²) in [5.74, 6) is 0.531. The average Bonchev–Trinajstić information content (AvgIpc) is 3.18. The van der Waals surface area contributed by atoms with Gasteiger partial charge in [0.1, 0.15) is 12.2 Å². The molecule has 7 nitrogen and oxygen atoms in total. The van der Waals surface area contributed by atoms with Crippen molar-refractivity contribution in [1.29, 1.82) is 0 Å². The van der Waals surface area contributed by atoms with Crippen LogP contribution in [0.5, 0.6) is 0 Å². The van der Waals surface area contributed by atoms with E-state index in [-0.39, 0.29) is 47.0 Å². The minimum atomic E-state index is -3.92. The lowest BCUT2D eigenvalue weighted by Crippen LogP contribution is -2.54. The van der Waals surface area contributed by atoms with Crippen molar-refractivity contribution < 1.29 is 31.7 Å². The van der Waals surface area contributed by atoms with Crippen LogP contribution in [-0.4, -0.2) is 39.2 Å². The smallest absolute Gasteiger partial charge is 0.302 e. The first-order valence-electron chi connectivity index (χ1n) is 13.9. The summed E-state index contributed by atoms with van der Waals surface area (Å²) in [4.78, 5) is 23.7. The fraction of sp³-hybridized carbons (Fsp3) is 0.667. The molecule has 3 fully saturated rings. The van der Waals surface area contributed by atoms with Crippen LogP contribution in [0.15, 0.2) is 40.8 Å². The number of rotatable bonds is 6. The Balaban J connectivity index is 1.45. The number of ether oxygens (including phenoxy) is 2. The molecule has 4 aliphatic carbocycles. The van der Waals surface area contributed by atoms with Crippen LogP contribution in [0.25, 0.3) is 0 Å². The van der Waals surface area contributed by atoms with Crippen LogP contribution in [0.2, 0.25) is 0 Å². The number of fused-ring (bicyclic) bond motifs is 5. The molecule has 4 aliphatic rings. The second kappa shape index (κ2) is 10.1. The molecule has 208 valence electrons. The predicted octanol–water partition coefficient (Wildman–Crippen LogP) is 5.51. The van der Waals surface area contributed by atoms with Crippen LogP contribution in [0, 0.1) is 35.5 Å². The highest BCUT2D eigenvalue weighted by Gasteiger charge is 2.61. The Hall–Kier alpha value is -2.19. The molecular weight excluding hydrogens is 504 g/mol. The van der Waals surface area contributed by atoms with Gasteiger partial charge in [-0.05, 0) is 81.8 Å². The number of aryl methyl sites for hydroxylation is 1. The average molecular weight is 545 g/mol. The molecule has 0 unspecified atom stereocenters. The zero-order valence-corrected chi connectivity index (χ0v) is 23.7. The Labute approximate surface area is 226 Å². The van der Waals surface area contributed by atoms with Crippen molar-refractivity contribution in [2.45, 2.75) is 96.2 Å². The summed E-state index contributed by atoms with van der Waals surface area (Å²) in [5, 5.41) is 0. The lowest BCUT2D eigenvalue weighted by Gasteiger charge is -2.58. The molecule has 0 saturated heterocycles. The Bertz CT molecular complexity index is 1220. The third kappa shape index (κ3) is 4.83. The molecule has 0 radical (unpaired) electrons. The van der Waals surface area contributed by atoms with Crippen LogP contribution in [-0.2, 0) is 33.4 Å². The number of esters is 2. The van der Waals surface area contributed by atoms with Crippen molar-refractivity contribution in [3.8, 4) is 0 Å². The van der Waals surface area contributed by atoms with Gasteiger partial charge in [-0.25, -0.2) is 0 Å². The first-order chi connectivity index (χ1) is 17.9. The Kier molecular flexibility index (Phi) is 7.27. The van der Waals surface area contributed by atoms with Crippen molar-refractivity contribution in [1.82, 2.24) is 0 Å². The van der Waals surface area contributed by atoms with Gasteiger partial charge in [0.15, 0.2) is 0 Å². The van der Waals surface area contributed by atoms with Crippen molar-refractivity contribution in [2.75, 3.05) is 6.61 Å². The summed E-state index contributed by atoms with van der Waals surface area (Å²) < 4.78 is 43.8. The maximum Gasteiger partial charge on any atom is 0.302 e. The molecule has 38 heavy (non-hydrogen) atoms. The fourth-order valence-corrected chi connectivity index (χ4v) is 9.30. The molecular formula is C30H40O7S.